The highest BCUT2D eigenvalue weighted by Crippen LogP contribution is 2.43. The molecule has 0 aromatic rings. The van der Waals surface area contributed by atoms with E-state index in [9.17, 15) is 0 Å². The zero-order chi connectivity index (χ0) is 8.55. The maximum atomic E-state index is 5.77. The first kappa shape index (κ1) is 8.27. The fourth-order valence-corrected chi connectivity index (χ4v) is 2.91. The van der Waals surface area contributed by atoms with Crippen molar-refractivity contribution in [2.45, 2.75) is 12.8 Å². The summed E-state index contributed by atoms with van der Waals surface area (Å²) >= 11 is 0. The predicted octanol–water partition coefficient (Wildman–Crippen LogP) is 0.732. The minimum Gasteiger partial charge on any atom is -0.330 e. The third-order valence-electron chi connectivity index (χ3n) is 3.63. The normalized spacial score (nSPS) is 45.2. The highest BCUT2D eigenvalue weighted by molar-refractivity contribution is 5.09. The zero-order valence-electron chi connectivity index (χ0n) is 7.45. The summed E-state index contributed by atoms with van der Waals surface area (Å²) in [6.45, 7) is 1.63. The van der Waals surface area contributed by atoms with Gasteiger partial charge in [0.25, 0.3) is 0 Å². The van der Waals surface area contributed by atoms with Crippen LogP contribution in [0.2, 0.25) is 0 Å². The van der Waals surface area contributed by atoms with Crippen LogP contribution in [0.15, 0.2) is 12.2 Å². The molecule has 4 N–H and O–H groups in total. The van der Waals surface area contributed by atoms with E-state index >= 15 is 0 Å². The smallest absolute Gasteiger partial charge is 0.00399 e. The molecule has 2 heteroatoms. The van der Waals surface area contributed by atoms with E-state index in [2.05, 4.69) is 12.2 Å². The van der Waals surface area contributed by atoms with Crippen LogP contribution in [-0.2, 0) is 0 Å². The maximum Gasteiger partial charge on any atom is -0.00399 e. The Balaban J connectivity index is 2.18. The highest BCUT2D eigenvalue weighted by atomic mass is 14.6. The van der Waals surface area contributed by atoms with Crippen LogP contribution in [0.1, 0.15) is 12.8 Å². The van der Waals surface area contributed by atoms with Crippen LogP contribution in [0.4, 0.5) is 0 Å². The summed E-state index contributed by atoms with van der Waals surface area (Å²) in [6.07, 6.45) is 7.38. The first-order valence-corrected chi connectivity index (χ1v) is 4.95. The van der Waals surface area contributed by atoms with E-state index < -0.39 is 0 Å². The molecule has 0 unspecified atom stereocenters. The lowest BCUT2D eigenvalue weighted by Crippen LogP contribution is -2.44. The van der Waals surface area contributed by atoms with E-state index in [4.69, 9.17) is 11.5 Å². The number of fused-ring (bicyclic) bond motifs is 2. The summed E-state index contributed by atoms with van der Waals surface area (Å²) in [5.74, 6) is 2.79. The fraction of sp³-hybridized carbons (Fsp3) is 0.800. The molecule has 4 atom stereocenters. The second-order valence-corrected chi connectivity index (χ2v) is 4.09. The Bertz CT molecular complexity index is 168. The molecular formula is C10H18N2. The molecule has 2 bridgehead atoms. The summed E-state index contributed by atoms with van der Waals surface area (Å²) in [6, 6.07) is 0. The molecular weight excluding hydrogens is 148 g/mol. The Morgan fingerprint density at radius 1 is 0.917 bits per heavy atom. The molecule has 68 valence electrons. The van der Waals surface area contributed by atoms with Crippen molar-refractivity contribution in [3.63, 3.8) is 0 Å². The molecule has 3 aliphatic rings. The van der Waals surface area contributed by atoms with E-state index in [1.807, 2.05) is 0 Å². The molecule has 0 spiro atoms. The van der Waals surface area contributed by atoms with Gasteiger partial charge < -0.3 is 11.5 Å². The molecule has 12 heavy (non-hydrogen) atoms. The Morgan fingerprint density at radius 3 is 1.58 bits per heavy atom. The lowest BCUT2D eigenvalue weighted by atomic mass is 9.62. The molecule has 0 aromatic carbocycles. The molecule has 2 nitrogen and oxygen atoms in total. The number of nitrogens with two attached hydrogens (primary N) is 2. The van der Waals surface area contributed by atoms with Crippen molar-refractivity contribution >= 4 is 0 Å². The summed E-state index contributed by atoms with van der Waals surface area (Å²) < 4.78 is 0. The van der Waals surface area contributed by atoms with Crippen LogP contribution < -0.4 is 11.5 Å². The van der Waals surface area contributed by atoms with Crippen molar-refractivity contribution in [3.05, 3.63) is 12.2 Å². The fourth-order valence-electron chi connectivity index (χ4n) is 2.91. The summed E-state index contributed by atoms with van der Waals surface area (Å²) in [5, 5.41) is 0. The molecule has 0 aliphatic heterocycles. The van der Waals surface area contributed by atoms with Crippen LogP contribution >= 0.6 is 0 Å². The molecule has 1 saturated carbocycles. The van der Waals surface area contributed by atoms with E-state index in [0.717, 1.165) is 24.9 Å². The van der Waals surface area contributed by atoms with Crippen molar-refractivity contribution < 1.29 is 0 Å². The molecule has 0 radical (unpaired) electrons. The molecule has 3 aliphatic carbocycles. The van der Waals surface area contributed by atoms with Crippen LogP contribution in [0.5, 0.6) is 0 Å². The van der Waals surface area contributed by atoms with Gasteiger partial charge in [-0.05, 0) is 49.6 Å². The van der Waals surface area contributed by atoms with Gasteiger partial charge in [0.05, 0.1) is 0 Å². The Kier molecular flexibility index (Phi) is 2.20. The molecule has 0 saturated heterocycles. The van der Waals surface area contributed by atoms with Crippen LogP contribution in [0.3, 0.4) is 0 Å². The second kappa shape index (κ2) is 3.19. The number of allylic oxidation sites excluding steroid dienone is 2. The van der Waals surface area contributed by atoms with Crippen LogP contribution in [0, 0.1) is 23.7 Å². The molecule has 3 rings (SSSR count). The van der Waals surface area contributed by atoms with Crippen molar-refractivity contribution in [2.75, 3.05) is 13.1 Å². The highest BCUT2D eigenvalue weighted by Gasteiger charge is 2.38. The third-order valence-corrected chi connectivity index (χ3v) is 3.63. The van der Waals surface area contributed by atoms with Crippen LogP contribution in [0.25, 0.3) is 0 Å². The number of hydrogen-bond acceptors (Lipinski definition) is 2. The summed E-state index contributed by atoms with van der Waals surface area (Å²) in [4.78, 5) is 0. The molecule has 1 fully saturated rings. The Labute approximate surface area is 74.0 Å². The Morgan fingerprint density at radius 2 is 1.33 bits per heavy atom. The maximum absolute atomic E-state index is 5.77. The summed E-state index contributed by atoms with van der Waals surface area (Å²) in [5.41, 5.74) is 11.5. The standard InChI is InChI=1S/C10H18N2/c11-5-9-7-1-2-8(4-3-7)10(9)6-12/h1-2,7-10H,3-6,11-12H2/t7-,8+,9-,10+. The van der Waals surface area contributed by atoms with E-state index in [-0.39, 0.29) is 0 Å². The predicted molar refractivity (Wildman–Crippen MR) is 50.4 cm³/mol. The number of rotatable bonds is 2. The van der Waals surface area contributed by atoms with E-state index in [0.29, 0.717) is 11.8 Å². The van der Waals surface area contributed by atoms with Crippen molar-refractivity contribution in [3.8, 4) is 0 Å². The number of hydrogen-bond donors (Lipinski definition) is 2. The van der Waals surface area contributed by atoms with Gasteiger partial charge in [-0.3, -0.25) is 0 Å². The molecule has 0 amide bonds. The zero-order valence-corrected chi connectivity index (χ0v) is 7.45. The van der Waals surface area contributed by atoms with Crippen molar-refractivity contribution in [1.82, 2.24) is 0 Å². The molecule has 0 aromatic heterocycles. The Hall–Kier alpha value is -0.340. The minimum atomic E-state index is 0.666. The van der Waals surface area contributed by atoms with Gasteiger partial charge in [-0.2, -0.15) is 0 Å². The third kappa shape index (κ3) is 1.10. The van der Waals surface area contributed by atoms with Crippen molar-refractivity contribution in [2.24, 2.45) is 35.1 Å². The van der Waals surface area contributed by atoms with E-state index in [1.54, 1.807) is 0 Å². The minimum absolute atomic E-state index is 0.666. The van der Waals surface area contributed by atoms with E-state index in [1.165, 1.54) is 12.8 Å². The molecule has 0 heterocycles. The lowest BCUT2D eigenvalue weighted by molar-refractivity contribution is 0.134. The van der Waals surface area contributed by atoms with Gasteiger partial charge in [-0.1, -0.05) is 12.2 Å². The largest absolute Gasteiger partial charge is 0.330 e. The second-order valence-electron chi connectivity index (χ2n) is 4.09. The average molecular weight is 166 g/mol. The van der Waals surface area contributed by atoms with Gasteiger partial charge in [0.1, 0.15) is 0 Å². The van der Waals surface area contributed by atoms with Gasteiger partial charge in [0.2, 0.25) is 0 Å². The first-order valence-electron chi connectivity index (χ1n) is 4.95. The quantitative estimate of drug-likeness (QED) is 0.594. The van der Waals surface area contributed by atoms with Crippen LogP contribution in [-0.4, -0.2) is 13.1 Å². The van der Waals surface area contributed by atoms with Gasteiger partial charge in [-0.15, -0.1) is 0 Å². The lowest BCUT2D eigenvalue weighted by Gasteiger charge is -2.44. The monoisotopic (exact) mass is 166 g/mol. The SMILES string of the molecule is NC[C@@H]1[C@H](CN)[C@@H]2C=C[C@H]1CC2. The first-order chi connectivity index (χ1) is 5.86. The van der Waals surface area contributed by atoms with Gasteiger partial charge in [0.15, 0.2) is 0 Å². The van der Waals surface area contributed by atoms with Gasteiger partial charge in [0, 0.05) is 0 Å². The topological polar surface area (TPSA) is 52.0 Å². The van der Waals surface area contributed by atoms with Crippen molar-refractivity contribution in [1.29, 1.82) is 0 Å². The summed E-state index contributed by atoms with van der Waals surface area (Å²) in [7, 11) is 0. The van der Waals surface area contributed by atoms with Gasteiger partial charge in [-0.25, -0.2) is 0 Å². The average Bonchev–Trinajstić information content (AvgIpc) is 2.18. The van der Waals surface area contributed by atoms with Gasteiger partial charge >= 0.3 is 0 Å².